The molecule has 140 valence electrons. The third-order valence-electron chi connectivity index (χ3n) is 3.92. The van der Waals surface area contributed by atoms with Crippen LogP contribution in [0.25, 0.3) is 0 Å². The molecule has 0 heterocycles. The van der Waals surface area contributed by atoms with Crippen molar-refractivity contribution in [2.75, 3.05) is 0 Å². The van der Waals surface area contributed by atoms with Gasteiger partial charge in [-0.2, -0.15) is 5.10 Å². The zero-order valence-corrected chi connectivity index (χ0v) is 14.9. The van der Waals surface area contributed by atoms with Crippen LogP contribution in [0.4, 0.5) is 0 Å². The van der Waals surface area contributed by atoms with Crippen LogP contribution < -0.4 is 10.2 Å². The van der Waals surface area contributed by atoms with E-state index in [1.165, 1.54) is 18.3 Å². The van der Waals surface area contributed by atoms with Gasteiger partial charge < -0.3 is 9.84 Å². The van der Waals surface area contributed by atoms with E-state index in [2.05, 4.69) is 10.5 Å². The minimum absolute atomic E-state index is 0.227. The maximum Gasteiger partial charge on any atom is 0.335 e. The van der Waals surface area contributed by atoms with Gasteiger partial charge in [0, 0.05) is 11.1 Å². The molecule has 0 fully saturated rings. The van der Waals surface area contributed by atoms with Gasteiger partial charge >= 0.3 is 5.97 Å². The normalized spacial score (nSPS) is 10.6. The fraction of sp³-hybridized carbons (Fsp3) is 0.0455. The van der Waals surface area contributed by atoms with E-state index in [-0.39, 0.29) is 18.1 Å². The molecular weight excluding hydrogens is 356 g/mol. The zero-order chi connectivity index (χ0) is 19.8. The number of hydrogen-bond acceptors (Lipinski definition) is 4. The van der Waals surface area contributed by atoms with Gasteiger partial charge in [0.15, 0.2) is 0 Å². The Morgan fingerprint density at radius 1 is 0.893 bits per heavy atom. The first-order valence-electron chi connectivity index (χ1n) is 8.56. The van der Waals surface area contributed by atoms with Crippen LogP contribution in [0.1, 0.15) is 31.8 Å². The van der Waals surface area contributed by atoms with Gasteiger partial charge in [-0.25, -0.2) is 10.2 Å². The fourth-order valence-corrected chi connectivity index (χ4v) is 2.44. The van der Waals surface area contributed by atoms with Gasteiger partial charge in [0.25, 0.3) is 5.91 Å². The minimum Gasteiger partial charge on any atom is -0.488 e. The Labute approximate surface area is 162 Å². The number of hydrogen-bond donors (Lipinski definition) is 2. The Bertz CT molecular complexity index is 983. The molecule has 6 heteroatoms. The molecule has 3 aromatic carbocycles. The molecule has 6 nitrogen and oxygen atoms in total. The molecule has 0 saturated heterocycles. The maximum atomic E-state index is 12.0. The van der Waals surface area contributed by atoms with Gasteiger partial charge in [0.2, 0.25) is 0 Å². The van der Waals surface area contributed by atoms with E-state index in [0.29, 0.717) is 16.9 Å². The summed E-state index contributed by atoms with van der Waals surface area (Å²) >= 11 is 0. The van der Waals surface area contributed by atoms with Crippen molar-refractivity contribution in [1.82, 2.24) is 5.43 Å². The molecule has 0 aliphatic rings. The van der Waals surface area contributed by atoms with Gasteiger partial charge in [0.05, 0.1) is 11.8 Å². The number of carboxylic acids is 1. The maximum absolute atomic E-state index is 12.0. The third kappa shape index (κ3) is 5.04. The molecule has 1 amide bonds. The van der Waals surface area contributed by atoms with Crippen LogP contribution in [0.5, 0.6) is 5.75 Å². The molecular formula is C22H18N2O4. The number of nitrogens with one attached hydrogen (secondary N) is 1. The van der Waals surface area contributed by atoms with Crippen LogP contribution in [-0.4, -0.2) is 23.2 Å². The number of carbonyl (C=O) groups excluding carboxylic acids is 1. The van der Waals surface area contributed by atoms with Gasteiger partial charge in [0.1, 0.15) is 12.4 Å². The van der Waals surface area contributed by atoms with Crippen LogP contribution >= 0.6 is 0 Å². The topological polar surface area (TPSA) is 88.0 Å². The smallest absolute Gasteiger partial charge is 0.335 e. The van der Waals surface area contributed by atoms with E-state index >= 15 is 0 Å². The van der Waals surface area contributed by atoms with E-state index in [0.717, 1.165) is 5.56 Å². The van der Waals surface area contributed by atoms with E-state index in [1.54, 1.807) is 42.5 Å². The second kappa shape index (κ2) is 9.14. The highest BCUT2D eigenvalue weighted by molar-refractivity contribution is 5.95. The average Bonchev–Trinajstić information content (AvgIpc) is 2.74. The molecule has 3 rings (SSSR count). The number of ether oxygens (including phenoxy) is 1. The van der Waals surface area contributed by atoms with Crippen LogP contribution in [0, 0.1) is 0 Å². The number of hydrazone groups is 1. The monoisotopic (exact) mass is 374 g/mol. The lowest BCUT2D eigenvalue weighted by molar-refractivity contribution is 0.0696. The predicted molar refractivity (Wildman–Crippen MR) is 106 cm³/mol. The SMILES string of the molecule is O=C(O)c1ccc(COc2ccccc2C=NNC(=O)c2ccccc2)cc1. The first-order chi connectivity index (χ1) is 13.6. The standard InChI is InChI=1S/C22H18N2O4/c25-21(17-6-2-1-3-7-17)24-23-14-19-8-4-5-9-20(19)28-15-16-10-12-18(13-11-16)22(26)27/h1-14H,15H2,(H,24,25)(H,26,27). The summed E-state index contributed by atoms with van der Waals surface area (Å²) in [6, 6.07) is 22.6. The first-order valence-corrected chi connectivity index (χ1v) is 8.56. The Morgan fingerprint density at radius 3 is 2.29 bits per heavy atom. The van der Waals surface area contributed by atoms with E-state index in [4.69, 9.17) is 9.84 Å². The van der Waals surface area contributed by atoms with Crippen LogP contribution in [0.3, 0.4) is 0 Å². The number of amides is 1. The number of carboxylic acid groups (broad SMARTS) is 1. The zero-order valence-electron chi connectivity index (χ0n) is 14.9. The second-order valence-electron chi connectivity index (χ2n) is 5.89. The second-order valence-corrected chi connectivity index (χ2v) is 5.89. The molecule has 2 N–H and O–H groups in total. The summed E-state index contributed by atoms with van der Waals surface area (Å²) in [6.07, 6.45) is 1.52. The Morgan fingerprint density at radius 2 is 1.57 bits per heavy atom. The van der Waals surface area contributed by atoms with Crippen LogP contribution in [0.15, 0.2) is 84.0 Å². The highest BCUT2D eigenvalue weighted by atomic mass is 16.5. The third-order valence-corrected chi connectivity index (χ3v) is 3.92. The molecule has 3 aromatic rings. The number of nitrogens with zero attached hydrogens (tertiary/aromatic N) is 1. The number of benzene rings is 3. The van der Waals surface area contributed by atoms with Crippen LogP contribution in [0.2, 0.25) is 0 Å². The molecule has 0 atom stereocenters. The Balaban J connectivity index is 1.62. The predicted octanol–water partition coefficient (Wildman–Crippen LogP) is 3.73. The molecule has 0 saturated carbocycles. The minimum atomic E-state index is -0.966. The molecule has 28 heavy (non-hydrogen) atoms. The Hall–Kier alpha value is -3.93. The molecule has 0 aliphatic heterocycles. The molecule has 0 unspecified atom stereocenters. The highest BCUT2D eigenvalue weighted by Crippen LogP contribution is 2.18. The molecule has 0 aromatic heterocycles. The van der Waals surface area contributed by atoms with Crippen molar-refractivity contribution in [2.24, 2.45) is 5.10 Å². The molecule has 0 bridgehead atoms. The van der Waals surface area contributed by atoms with Crippen molar-refractivity contribution >= 4 is 18.1 Å². The first kappa shape index (κ1) is 18.8. The van der Waals surface area contributed by atoms with Crippen molar-refractivity contribution in [2.45, 2.75) is 6.61 Å². The largest absolute Gasteiger partial charge is 0.488 e. The number of rotatable bonds is 7. The van der Waals surface area contributed by atoms with E-state index in [9.17, 15) is 9.59 Å². The summed E-state index contributed by atoms with van der Waals surface area (Å²) in [6.45, 7) is 0.279. The molecule has 0 radical (unpaired) electrons. The summed E-state index contributed by atoms with van der Waals surface area (Å²) in [5.74, 6) is -0.664. The lowest BCUT2D eigenvalue weighted by Crippen LogP contribution is -2.17. The fourth-order valence-electron chi connectivity index (χ4n) is 2.44. The van der Waals surface area contributed by atoms with Crippen molar-refractivity contribution in [3.05, 3.63) is 101 Å². The lowest BCUT2D eigenvalue weighted by Gasteiger charge is -2.09. The van der Waals surface area contributed by atoms with Gasteiger partial charge in [-0.3, -0.25) is 4.79 Å². The van der Waals surface area contributed by atoms with Crippen molar-refractivity contribution in [3.63, 3.8) is 0 Å². The summed E-state index contributed by atoms with van der Waals surface area (Å²) in [4.78, 5) is 22.9. The molecule has 0 spiro atoms. The summed E-state index contributed by atoms with van der Waals surface area (Å²) in [7, 11) is 0. The summed E-state index contributed by atoms with van der Waals surface area (Å²) < 4.78 is 5.81. The van der Waals surface area contributed by atoms with E-state index < -0.39 is 5.97 Å². The highest BCUT2D eigenvalue weighted by Gasteiger charge is 2.05. The van der Waals surface area contributed by atoms with Gasteiger partial charge in [-0.15, -0.1) is 0 Å². The van der Waals surface area contributed by atoms with Gasteiger partial charge in [-0.1, -0.05) is 42.5 Å². The summed E-state index contributed by atoms with van der Waals surface area (Å²) in [5, 5.41) is 12.9. The number of carbonyl (C=O) groups is 2. The van der Waals surface area contributed by atoms with Crippen LogP contribution in [-0.2, 0) is 6.61 Å². The van der Waals surface area contributed by atoms with Gasteiger partial charge in [-0.05, 0) is 42.0 Å². The summed E-state index contributed by atoms with van der Waals surface area (Å²) in [5.41, 5.74) is 4.78. The Kier molecular flexibility index (Phi) is 6.15. The van der Waals surface area contributed by atoms with Crippen molar-refractivity contribution in [1.29, 1.82) is 0 Å². The van der Waals surface area contributed by atoms with Crippen molar-refractivity contribution in [3.8, 4) is 5.75 Å². The lowest BCUT2D eigenvalue weighted by atomic mass is 10.1. The molecule has 0 aliphatic carbocycles. The van der Waals surface area contributed by atoms with E-state index in [1.807, 2.05) is 24.3 Å². The number of para-hydroxylation sites is 1. The number of aromatic carboxylic acids is 1. The quantitative estimate of drug-likeness (QED) is 0.487. The average molecular weight is 374 g/mol. The van der Waals surface area contributed by atoms with Crippen molar-refractivity contribution < 1.29 is 19.4 Å².